The lowest BCUT2D eigenvalue weighted by Crippen LogP contribution is -2.56. The van der Waals surface area contributed by atoms with Crippen LogP contribution in [0.2, 0.25) is 0 Å². The number of likely N-dealkylation sites (tertiary alicyclic amines) is 1. The Morgan fingerprint density at radius 2 is 1.82 bits per heavy atom. The van der Waals surface area contributed by atoms with Gasteiger partial charge in [-0.25, -0.2) is 4.98 Å². The van der Waals surface area contributed by atoms with Crippen molar-refractivity contribution in [2.24, 2.45) is 5.92 Å². The molecule has 1 aromatic heterocycles. The molecule has 1 atom stereocenters. The summed E-state index contributed by atoms with van der Waals surface area (Å²) in [7, 11) is 1.62. The van der Waals surface area contributed by atoms with Crippen LogP contribution in [0.3, 0.4) is 0 Å². The minimum Gasteiger partial charge on any atom is -0.368 e. The third-order valence-electron chi connectivity index (χ3n) is 6.47. The van der Waals surface area contributed by atoms with Crippen molar-refractivity contribution >= 4 is 22.7 Å². The van der Waals surface area contributed by atoms with Crippen molar-refractivity contribution in [2.45, 2.75) is 12.6 Å². The van der Waals surface area contributed by atoms with Gasteiger partial charge in [0.25, 0.3) is 5.91 Å². The lowest BCUT2D eigenvalue weighted by Gasteiger charge is -2.42. The normalized spacial score (nSPS) is 19.3. The Bertz CT molecular complexity index is 1160. The first-order chi connectivity index (χ1) is 16.1. The standard InChI is InChI=1S/C26H28N4O3/c1-27-25(31)21-13-23(28-22-10-6-5-9-20(21)22)24-17-30(11-12-33-24)26(32)19-15-29(16-19)14-18-7-3-2-4-8-18/h2-10,13,19,24H,11-12,14-17H2,1H3,(H,27,31)/t24-/m0/s1. The highest BCUT2D eigenvalue weighted by molar-refractivity contribution is 6.06. The third-order valence-corrected chi connectivity index (χ3v) is 6.47. The van der Waals surface area contributed by atoms with Crippen molar-refractivity contribution in [2.75, 3.05) is 39.8 Å². The number of carbonyl (C=O) groups excluding carboxylic acids is 2. The van der Waals surface area contributed by atoms with E-state index in [2.05, 4.69) is 22.3 Å². The molecule has 7 heteroatoms. The van der Waals surface area contributed by atoms with E-state index in [4.69, 9.17) is 9.72 Å². The lowest BCUT2D eigenvalue weighted by atomic mass is 9.96. The van der Waals surface area contributed by atoms with E-state index < -0.39 is 0 Å². The Balaban J connectivity index is 1.27. The molecule has 2 aliphatic rings. The average Bonchev–Trinajstić information content (AvgIpc) is 2.85. The quantitative estimate of drug-likeness (QED) is 0.655. The van der Waals surface area contributed by atoms with Gasteiger partial charge in [0.2, 0.25) is 5.91 Å². The first-order valence-electron chi connectivity index (χ1n) is 11.4. The van der Waals surface area contributed by atoms with Crippen LogP contribution >= 0.6 is 0 Å². The summed E-state index contributed by atoms with van der Waals surface area (Å²) < 4.78 is 5.99. The van der Waals surface area contributed by atoms with Gasteiger partial charge in [0.05, 0.1) is 35.8 Å². The summed E-state index contributed by atoms with van der Waals surface area (Å²) in [5.74, 6) is 0.0462. The summed E-state index contributed by atoms with van der Waals surface area (Å²) in [4.78, 5) is 34.6. The zero-order valence-corrected chi connectivity index (χ0v) is 18.7. The molecule has 0 aliphatic carbocycles. The molecule has 0 bridgehead atoms. The average molecular weight is 445 g/mol. The summed E-state index contributed by atoms with van der Waals surface area (Å²) in [5, 5.41) is 3.51. The predicted octanol–water partition coefficient (Wildman–Crippen LogP) is 2.63. The van der Waals surface area contributed by atoms with Crippen molar-refractivity contribution in [3.8, 4) is 0 Å². The molecule has 0 saturated carbocycles. The second kappa shape index (κ2) is 9.29. The molecular weight excluding hydrogens is 416 g/mol. The number of fused-ring (bicyclic) bond motifs is 1. The zero-order chi connectivity index (χ0) is 22.8. The smallest absolute Gasteiger partial charge is 0.251 e. The summed E-state index contributed by atoms with van der Waals surface area (Å²) >= 11 is 0. The Morgan fingerprint density at radius 1 is 1.06 bits per heavy atom. The summed E-state index contributed by atoms with van der Waals surface area (Å²) in [6.07, 6.45) is -0.351. The largest absolute Gasteiger partial charge is 0.368 e. The number of amides is 2. The van der Waals surface area contributed by atoms with Crippen molar-refractivity contribution < 1.29 is 14.3 Å². The molecule has 2 saturated heterocycles. The monoisotopic (exact) mass is 444 g/mol. The molecule has 5 rings (SSSR count). The Kier molecular flexibility index (Phi) is 6.07. The number of para-hydroxylation sites is 1. The fraction of sp³-hybridized carbons (Fsp3) is 0.346. The number of hydrogen-bond donors (Lipinski definition) is 1. The van der Waals surface area contributed by atoms with Crippen LogP contribution in [0.5, 0.6) is 0 Å². The van der Waals surface area contributed by atoms with Crippen molar-refractivity contribution in [3.05, 3.63) is 77.5 Å². The van der Waals surface area contributed by atoms with Gasteiger partial charge >= 0.3 is 0 Å². The Labute approximate surface area is 193 Å². The van der Waals surface area contributed by atoms with Gasteiger partial charge in [-0.05, 0) is 17.7 Å². The van der Waals surface area contributed by atoms with Crippen LogP contribution in [0.15, 0.2) is 60.7 Å². The van der Waals surface area contributed by atoms with Gasteiger partial charge in [0.15, 0.2) is 0 Å². The van der Waals surface area contributed by atoms with Crippen molar-refractivity contribution in [1.29, 1.82) is 0 Å². The number of hydrogen-bond acceptors (Lipinski definition) is 5. The van der Waals surface area contributed by atoms with E-state index in [-0.39, 0.29) is 23.8 Å². The summed E-state index contributed by atoms with van der Waals surface area (Å²) in [6, 6.07) is 19.7. The fourth-order valence-electron chi connectivity index (χ4n) is 4.67. The van der Waals surface area contributed by atoms with Gasteiger partial charge in [0.1, 0.15) is 6.10 Å². The number of benzene rings is 2. The number of nitrogens with one attached hydrogen (secondary N) is 1. The molecule has 0 spiro atoms. The third kappa shape index (κ3) is 4.47. The highest BCUT2D eigenvalue weighted by Crippen LogP contribution is 2.28. The van der Waals surface area contributed by atoms with Crippen LogP contribution in [0.4, 0.5) is 0 Å². The molecule has 2 aromatic carbocycles. The van der Waals surface area contributed by atoms with Gasteiger partial charge in [-0.2, -0.15) is 0 Å². The SMILES string of the molecule is CNC(=O)c1cc([C@@H]2CN(C(=O)C3CN(Cc4ccccc4)C3)CCO2)nc2ccccc12. The molecule has 33 heavy (non-hydrogen) atoms. The van der Waals surface area contributed by atoms with E-state index in [1.54, 1.807) is 13.1 Å². The van der Waals surface area contributed by atoms with Crippen LogP contribution in [0.25, 0.3) is 10.9 Å². The molecule has 2 aliphatic heterocycles. The molecule has 0 unspecified atom stereocenters. The Hall–Kier alpha value is -3.29. The molecule has 7 nitrogen and oxygen atoms in total. The van der Waals surface area contributed by atoms with E-state index >= 15 is 0 Å². The van der Waals surface area contributed by atoms with E-state index in [1.807, 2.05) is 47.4 Å². The molecule has 2 fully saturated rings. The van der Waals surface area contributed by atoms with Crippen LogP contribution in [0, 0.1) is 5.92 Å². The number of ether oxygens (including phenoxy) is 1. The van der Waals surface area contributed by atoms with Crippen LogP contribution in [-0.4, -0.2) is 66.4 Å². The van der Waals surface area contributed by atoms with E-state index in [9.17, 15) is 9.59 Å². The molecule has 3 aromatic rings. The van der Waals surface area contributed by atoms with E-state index in [0.29, 0.717) is 31.0 Å². The zero-order valence-electron chi connectivity index (χ0n) is 18.7. The number of aromatic nitrogens is 1. The van der Waals surface area contributed by atoms with Gasteiger partial charge in [-0.1, -0.05) is 48.5 Å². The maximum Gasteiger partial charge on any atom is 0.251 e. The van der Waals surface area contributed by atoms with Gasteiger partial charge in [-0.15, -0.1) is 0 Å². The molecule has 3 heterocycles. The maximum absolute atomic E-state index is 13.1. The number of pyridine rings is 1. The molecular formula is C26H28N4O3. The number of nitrogens with zero attached hydrogens (tertiary/aromatic N) is 3. The highest BCUT2D eigenvalue weighted by atomic mass is 16.5. The number of carbonyl (C=O) groups is 2. The topological polar surface area (TPSA) is 74.8 Å². The minimum atomic E-state index is -0.351. The maximum atomic E-state index is 13.1. The van der Waals surface area contributed by atoms with E-state index in [1.165, 1.54) is 5.56 Å². The second-order valence-electron chi connectivity index (χ2n) is 8.71. The second-order valence-corrected chi connectivity index (χ2v) is 8.71. The van der Waals surface area contributed by atoms with Crippen molar-refractivity contribution in [1.82, 2.24) is 20.1 Å². The predicted molar refractivity (Wildman–Crippen MR) is 126 cm³/mol. The van der Waals surface area contributed by atoms with Crippen molar-refractivity contribution in [3.63, 3.8) is 0 Å². The molecule has 0 radical (unpaired) electrons. The Morgan fingerprint density at radius 3 is 2.61 bits per heavy atom. The molecule has 170 valence electrons. The van der Waals surface area contributed by atoms with Crippen LogP contribution < -0.4 is 5.32 Å². The van der Waals surface area contributed by atoms with Gasteiger partial charge in [0, 0.05) is 38.6 Å². The number of morpholine rings is 1. The lowest BCUT2D eigenvalue weighted by molar-refractivity contribution is -0.149. The highest BCUT2D eigenvalue weighted by Gasteiger charge is 2.37. The van der Waals surface area contributed by atoms with Crippen LogP contribution in [0.1, 0.15) is 27.7 Å². The first kappa shape index (κ1) is 21.6. The van der Waals surface area contributed by atoms with Gasteiger partial charge in [-0.3, -0.25) is 14.5 Å². The fourth-order valence-corrected chi connectivity index (χ4v) is 4.67. The number of rotatable bonds is 5. The first-order valence-corrected chi connectivity index (χ1v) is 11.4. The van der Waals surface area contributed by atoms with Gasteiger partial charge < -0.3 is 15.0 Å². The van der Waals surface area contributed by atoms with E-state index in [0.717, 1.165) is 30.5 Å². The minimum absolute atomic E-state index is 0.0263. The summed E-state index contributed by atoms with van der Waals surface area (Å²) in [5.41, 5.74) is 3.27. The molecule has 1 N–H and O–H groups in total. The van der Waals surface area contributed by atoms with Crippen LogP contribution in [-0.2, 0) is 16.1 Å². The molecule has 2 amide bonds. The summed E-state index contributed by atoms with van der Waals surface area (Å²) in [6.45, 7) is 3.93.